The molecule has 1 N–H and O–H groups in total. The first-order valence-corrected chi connectivity index (χ1v) is 5.23. The lowest BCUT2D eigenvalue weighted by molar-refractivity contribution is 0.589. The van der Waals surface area contributed by atoms with Gasteiger partial charge in [0.2, 0.25) is 0 Å². The predicted molar refractivity (Wildman–Crippen MR) is 59.1 cm³/mol. The normalized spacial score (nSPS) is 17.1. The van der Waals surface area contributed by atoms with E-state index >= 15 is 0 Å². The zero-order valence-corrected chi connectivity index (χ0v) is 9.01. The van der Waals surface area contributed by atoms with Crippen LogP contribution in [0.3, 0.4) is 0 Å². The number of rotatable bonds is 1. The second-order valence-electron chi connectivity index (χ2n) is 3.53. The van der Waals surface area contributed by atoms with Crippen molar-refractivity contribution in [2.24, 2.45) is 0 Å². The molecule has 76 valence electrons. The number of halogens is 1. The first-order chi connectivity index (χ1) is 6.75. The number of nitrogens with one attached hydrogen (secondary N) is 1. The lowest BCUT2D eigenvalue weighted by Gasteiger charge is -2.29. The van der Waals surface area contributed by atoms with E-state index in [1.165, 1.54) is 5.69 Å². The van der Waals surface area contributed by atoms with Crippen LogP contribution >= 0.6 is 11.6 Å². The fraction of sp³-hybridized carbons (Fsp3) is 0.500. The van der Waals surface area contributed by atoms with Gasteiger partial charge in [-0.05, 0) is 19.1 Å². The lowest BCUT2D eigenvalue weighted by atomic mass is 10.2. The number of piperazine rings is 1. The Morgan fingerprint density at radius 3 is 2.71 bits per heavy atom. The molecular formula is C10H14ClN3. The third kappa shape index (κ3) is 2.16. The molecule has 1 aromatic rings. The van der Waals surface area contributed by atoms with Gasteiger partial charge < -0.3 is 10.2 Å². The molecule has 0 radical (unpaired) electrons. The SMILES string of the molecule is Cc1cc(N2CCNCC2)cc(Cl)n1. The maximum absolute atomic E-state index is 5.92. The Morgan fingerprint density at radius 1 is 1.36 bits per heavy atom. The van der Waals surface area contributed by atoms with Crippen LogP contribution < -0.4 is 10.2 Å². The van der Waals surface area contributed by atoms with E-state index in [-0.39, 0.29) is 0 Å². The zero-order chi connectivity index (χ0) is 9.97. The summed E-state index contributed by atoms with van der Waals surface area (Å²) in [5.74, 6) is 0. The van der Waals surface area contributed by atoms with E-state index in [0.717, 1.165) is 31.9 Å². The van der Waals surface area contributed by atoms with Gasteiger partial charge in [-0.1, -0.05) is 11.6 Å². The molecule has 1 fully saturated rings. The van der Waals surface area contributed by atoms with Gasteiger partial charge in [0.25, 0.3) is 0 Å². The van der Waals surface area contributed by atoms with Crippen LogP contribution in [0.25, 0.3) is 0 Å². The number of aromatic nitrogens is 1. The fourth-order valence-electron chi connectivity index (χ4n) is 1.72. The van der Waals surface area contributed by atoms with Crippen LogP contribution in [-0.2, 0) is 0 Å². The predicted octanol–water partition coefficient (Wildman–Crippen LogP) is 1.45. The maximum Gasteiger partial charge on any atom is 0.131 e. The molecule has 0 atom stereocenters. The van der Waals surface area contributed by atoms with Crippen LogP contribution in [0.4, 0.5) is 5.69 Å². The zero-order valence-electron chi connectivity index (χ0n) is 8.26. The summed E-state index contributed by atoms with van der Waals surface area (Å²) in [4.78, 5) is 6.48. The summed E-state index contributed by atoms with van der Waals surface area (Å²) >= 11 is 5.92. The Morgan fingerprint density at radius 2 is 2.07 bits per heavy atom. The maximum atomic E-state index is 5.92. The molecule has 2 heterocycles. The molecular weight excluding hydrogens is 198 g/mol. The minimum Gasteiger partial charge on any atom is -0.369 e. The molecule has 0 amide bonds. The van der Waals surface area contributed by atoms with Gasteiger partial charge in [0.15, 0.2) is 0 Å². The Labute approximate surface area is 89.1 Å². The Bertz CT molecular complexity index is 301. The molecule has 0 aromatic carbocycles. The summed E-state index contributed by atoms with van der Waals surface area (Å²) in [5, 5.41) is 3.91. The summed E-state index contributed by atoms with van der Waals surface area (Å²) in [6.45, 7) is 6.13. The molecule has 0 aliphatic carbocycles. The summed E-state index contributed by atoms with van der Waals surface area (Å²) < 4.78 is 0. The van der Waals surface area contributed by atoms with Crippen molar-refractivity contribution in [3.05, 3.63) is 23.0 Å². The minimum atomic E-state index is 0.582. The number of pyridine rings is 1. The molecule has 3 nitrogen and oxygen atoms in total. The van der Waals surface area contributed by atoms with Crippen LogP contribution in [0, 0.1) is 6.92 Å². The largest absolute Gasteiger partial charge is 0.369 e. The van der Waals surface area contributed by atoms with E-state index in [4.69, 9.17) is 11.6 Å². The summed E-state index contributed by atoms with van der Waals surface area (Å²) in [7, 11) is 0. The van der Waals surface area contributed by atoms with Crippen molar-refractivity contribution in [3.8, 4) is 0 Å². The Balaban J connectivity index is 2.21. The average Bonchev–Trinajstić information content (AvgIpc) is 2.18. The first kappa shape index (κ1) is 9.74. The third-order valence-corrected chi connectivity index (χ3v) is 2.58. The summed E-state index contributed by atoms with van der Waals surface area (Å²) in [6.07, 6.45) is 0. The van der Waals surface area contributed by atoms with Crippen LogP contribution in [0.2, 0.25) is 5.15 Å². The molecule has 1 aliphatic heterocycles. The van der Waals surface area contributed by atoms with E-state index in [1.54, 1.807) is 0 Å². The van der Waals surface area contributed by atoms with Crippen molar-refractivity contribution in [1.82, 2.24) is 10.3 Å². The van der Waals surface area contributed by atoms with Gasteiger partial charge in [-0.3, -0.25) is 0 Å². The standard InChI is InChI=1S/C10H14ClN3/c1-8-6-9(7-10(11)13-8)14-4-2-12-3-5-14/h6-7,12H,2-5H2,1H3. The third-order valence-electron chi connectivity index (χ3n) is 2.39. The monoisotopic (exact) mass is 211 g/mol. The van der Waals surface area contributed by atoms with E-state index < -0.39 is 0 Å². The van der Waals surface area contributed by atoms with Gasteiger partial charge in [-0.2, -0.15) is 0 Å². The van der Waals surface area contributed by atoms with Crippen molar-refractivity contribution in [3.63, 3.8) is 0 Å². The van der Waals surface area contributed by atoms with Crippen molar-refractivity contribution in [2.45, 2.75) is 6.92 Å². The lowest BCUT2D eigenvalue weighted by Crippen LogP contribution is -2.43. The molecule has 1 saturated heterocycles. The van der Waals surface area contributed by atoms with Crippen LogP contribution in [0.15, 0.2) is 12.1 Å². The number of nitrogens with zero attached hydrogens (tertiary/aromatic N) is 2. The highest BCUT2D eigenvalue weighted by Crippen LogP contribution is 2.19. The Hall–Kier alpha value is -0.800. The summed E-state index contributed by atoms with van der Waals surface area (Å²) in [5.41, 5.74) is 2.16. The van der Waals surface area contributed by atoms with Gasteiger partial charge in [0.05, 0.1) is 0 Å². The van der Waals surface area contributed by atoms with E-state index in [9.17, 15) is 0 Å². The van der Waals surface area contributed by atoms with Gasteiger partial charge in [-0.25, -0.2) is 4.98 Å². The second-order valence-corrected chi connectivity index (χ2v) is 3.91. The van der Waals surface area contributed by atoms with Crippen LogP contribution in [0.1, 0.15) is 5.69 Å². The number of anilines is 1. The van der Waals surface area contributed by atoms with Gasteiger partial charge in [-0.15, -0.1) is 0 Å². The minimum absolute atomic E-state index is 0.582. The van der Waals surface area contributed by atoms with E-state index in [2.05, 4.69) is 21.3 Å². The van der Waals surface area contributed by atoms with Gasteiger partial charge in [0.1, 0.15) is 5.15 Å². The average molecular weight is 212 g/mol. The molecule has 0 bridgehead atoms. The molecule has 0 spiro atoms. The quantitative estimate of drug-likeness (QED) is 0.713. The molecule has 0 saturated carbocycles. The fourth-order valence-corrected chi connectivity index (χ4v) is 1.96. The number of hydrogen-bond acceptors (Lipinski definition) is 3. The first-order valence-electron chi connectivity index (χ1n) is 4.85. The van der Waals surface area contributed by atoms with Crippen molar-refractivity contribution < 1.29 is 0 Å². The second kappa shape index (κ2) is 4.15. The molecule has 14 heavy (non-hydrogen) atoms. The molecule has 4 heteroatoms. The number of hydrogen-bond donors (Lipinski definition) is 1. The van der Waals surface area contributed by atoms with E-state index in [1.807, 2.05) is 13.0 Å². The van der Waals surface area contributed by atoms with Crippen LogP contribution in [-0.4, -0.2) is 31.2 Å². The van der Waals surface area contributed by atoms with Crippen molar-refractivity contribution >= 4 is 17.3 Å². The van der Waals surface area contributed by atoms with Crippen molar-refractivity contribution in [1.29, 1.82) is 0 Å². The highest BCUT2D eigenvalue weighted by molar-refractivity contribution is 6.29. The topological polar surface area (TPSA) is 28.2 Å². The van der Waals surface area contributed by atoms with Crippen molar-refractivity contribution in [2.75, 3.05) is 31.1 Å². The number of aryl methyl sites for hydroxylation is 1. The smallest absolute Gasteiger partial charge is 0.131 e. The molecule has 1 aliphatic rings. The summed E-state index contributed by atoms with van der Waals surface area (Å²) in [6, 6.07) is 4.01. The highest BCUT2D eigenvalue weighted by atomic mass is 35.5. The highest BCUT2D eigenvalue weighted by Gasteiger charge is 2.11. The van der Waals surface area contributed by atoms with E-state index in [0.29, 0.717) is 5.15 Å². The van der Waals surface area contributed by atoms with Gasteiger partial charge in [0, 0.05) is 37.6 Å². The molecule has 0 unspecified atom stereocenters. The molecule has 2 rings (SSSR count). The molecule has 1 aromatic heterocycles. The van der Waals surface area contributed by atoms with Gasteiger partial charge >= 0.3 is 0 Å². The van der Waals surface area contributed by atoms with Crippen LogP contribution in [0.5, 0.6) is 0 Å². The Kier molecular flexibility index (Phi) is 2.89.